The van der Waals surface area contributed by atoms with Crippen molar-refractivity contribution in [1.82, 2.24) is 14.4 Å². The van der Waals surface area contributed by atoms with Gasteiger partial charge in [-0.05, 0) is 61.7 Å². The van der Waals surface area contributed by atoms with Gasteiger partial charge in [0, 0.05) is 31.3 Å². The Bertz CT molecular complexity index is 1250. The first-order valence-electron chi connectivity index (χ1n) is 11.3. The maximum Gasteiger partial charge on any atom is 0.262 e. The predicted molar refractivity (Wildman–Crippen MR) is 127 cm³/mol. The van der Waals surface area contributed by atoms with Crippen molar-refractivity contribution in [1.29, 1.82) is 0 Å². The van der Waals surface area contributed by atoms with Crippen LogP contribution in [0.1, 0.15) is 37.1 Å². The van der Waals surface area contributed by atoms with Gasteiger partial charge in [-0.15, -0.1) is 0 Å². The first-order valence-corrected chi connectivity index (χ1v) is 12.7. The molecule has 2 aromatic carbocycles. The number of ether oxygens (including phenoxy) is 1. The van der Waals surface area contributed by atoms with Crippen LogP contribution in [-0.2, 0) is 14.8 Å². The molecule has 0 spiro atoms. The number of carbonyl (C=O) groups is 1. The Hall–Kier alpha value is -3.24. The quantitative estimate of drug-likeness (QED) is 0.540. The summed E-state index contributed by atoms with van der Waals surface area (Å²) < 4.78 is 38.5. The summed E-state index contributed by atoms with van der Waals surface area (Å²) >= 11 is 0. The first kappa shape index (κ1) is 23.9. The summed E-state index contributed by atoms with van der Waals surface area (Å²) in [6, 6.07) is 11.9. The summed E-state index contributed by atoms with van der Waals surface area (Å²) in [5.41, 5.74) is 1.83. The van der Waals surface area contributed by atoms with E-state index in [1.807, 2.05) is 0 Å². The largest absolute Gasteiger partial charge is 0.484 e. The molecule has 10 heteroatoms. The van der Waals surface area contributed by atoms with Crippen molar-refractivity contribution in [3.8, 4) is 17.1 Å². The van der Waals surface area contributed by atoms with Gasteiger partial charge in [0.1, 0.15) is 5.75 Å². The van der Waals surface area contributed by atoms with Crippen LogP contribution in [0.5, 0.6) is 5.75 Å². The molecule has 1 amide bonds. The fourth-order valence-corrected chi connectivity index (χ4v) is 5.61. The molecular formula is C24H28N4O5S. The van der Waals surface area contributed by atoms with Gasteiger partial charge in [0.2, 0.25) is 21.7 Å². The first-order chi connectivity index (χ1) is 16.3. The number of hydrogen-bond acceptors (Lipinski definition) is 7. The van der Waals surface area contributed by atoms with E-state index < -0.39 is 10.0 Å². The number of amides is 1. The Morgan fingerprint density at radius 1 is 1.06 bits per heavy atom. The Kier molecular flexibility index (Phi) is 7.28. The van der Waals surface area contributed by atoms with E-state index in [0.717, 1.165) is 31.2 Å². The van der Waals surface area contributed by atoms with Crippen LogP contribution in [-0.4, -0.2) is 48.5 Å². The molecule has 34 heavy (non-hydrogen) atoms. The van der Waals surface area contributed by atoms with Crippen LogP contribution in [0.2, 0.25) is 0 Å². The zero-order valence-electron chi connectivity index (χ0n) is 19.3. The normalized spacial score (nSPS) is 15.0. The molecule has 9 nitrogen and oxygen atoms in total. The lowest BCUT2D eigenvalue weighted by Gasteiger charge is -2.21. The minimum absolute atomic E-state index is 0.219. The van der Waals surface area contributed by atoms with Gasteiger partial charge in [0.05, 0.1) is 4.90 Å². The van der Waals surface area contributed by atoms with Crippen molar-refractivity contribution in [3.63, 3.8) is 0 Å². The highest BCUT2D eigenvalue weighted by Gasteiger charge is 2.27. The van der Waals surface area contributed by atoms with Gasteiger partial charge in [0.25, 0.3) is 5.91 Å². The average molecular weight is 485 g/mol. The molecule has 0 atom stereocenters. The summed E-state index contributed by atoms with van der Waals surface area (Å²) in [5, 5.41) is 6.59. The van der Waals surface area contributed by atoms with E-state index in [2.05, 4.69) is 15.5 Å². The smallest absolute Gasteiger partial charge is 0.262 e. The predicted octanol–water partition coefficient (Wildman–Crippen LogP) is 3.94. The van der Waals surface area contributed by atoms with Gasteiger partial charge < -0.3 is 14.6 Å². The summed E-state index contributed by atoms with van der Waals surface area (Å²) in [6.07, 6.45) is 3.81. The molecule has 0 saturated carbocycles. The Balaban J connectivity index is 1.38. The van der Waals surface area contributed by atoms with Crippen molar-refractivity contribution >= 4 is 21.6 Å². The van der Waals surface area contributed by atoms with Crippen molar-refractivity contribution in [2.24, 2.45) is 0 Å². The summed E-state index contributed by atoms with van der Waals surface area (Å²) in [4.78, 5) is 16.8. The molecule has 1 fully saturated rings. The average Bonchev–Trinajstić information content (AvgIpc) is 3.07. The number of sulfonamides is 1. The molecule has 180 valence electrons. The van der Waals surface area contributed by atoms with Crippen molar-refractivity contribution in [2.75, 3.05) is 25.0 Å². The second kappa shape index (κ2) is 10.4. The lowest BCUT2D eigenvalue weighted by Crippen LogP contribution is -2.32. The zero-order chi connectivity index (χ0) is 24.1. The Labute approximate surface area is 199 Å². The number of anilines is 1. The highest BCUT2D eigenvalue weighted by Crippen LogP contribution is 2.26. The van der Waals surface area contributed by atoms with E-state index in [-0.39, 0.29) is 17.4 Å². The zero-order valence-corrected chi connectivity index (χ0v) is 20.1. The summed E-state index contributed by atoms with van der Waals surface area (Å²) in [7, 11) is -3.62. The molecule has 4 rings (SSSR count). The van der Waals surface area contributed by atoms with Crippen LogP contribution < -0.4 is 10.1 Å². The number of rotatable bonds is 7. The summed E-state index contributed by atoms with van der Waals surface area (Å²) in [6.45, 7) is 4.31. The van der Waals surface area contributed by atoms with Crippen LogP contribution in [0, 0.1) is 13.8 Å². The van der Waals surface area contributed by atoms with E-state index in [4.69, 9.17) is 9.26 Å². The second-order valence-corrected chi connectivity index (χ2v) is 10.2. The number of hydrogen-bond donors (Lipinski definition) is 1. The van der Waals surface area contributed by atoms with Crippen LogP contribution >= 0.6 is 0 Å². The van der Waals surface area contributed by atoms with E-state index in [0.29, 0.717) is 41.8 Å². The van der Waals surface area contributed by atoms with Gasteiger partial charge in [-0.1, -0.05) is 24.1 Å². The molecule has 0 bridgehead atoms. The van der Waals surface area contributed by atoms with Gasteiger partial charge >= 0.3 is 0 Å². The fraction of sp³-hybridized carbons (Fsp3) is 0.375. The highest BCUT2D eigenvalue weighted by molar-refractivity contribution is 7.89. The van der Waals surface area contributed by atoms with Crippen LogP contribution in [0.25, 0.3) is 11.4 Å². The molecule has 1 aromatic heterocycles. The van der Waals surface area contributed by atoms with E-state index in [9.17, 15) is 13.2 Å². The SMILES string of the molecule is Cc1nc(-c2ccc(OCC(=O)Nc3ccc(C)c(S(=O)(=O)N4CCCCCC4)c3)cc2)no1. The highest BCUT2D eigenvalue weighted by atomic mass is 32.2. The van der Waals surface area contributed by atoms with Gasteiger partial charge in [0.15, 0.2) is 6.61 Å². The molecule has 0 radical (unpaired) electrons. The number of benzene rings is 2. The third-order valence-corrected chi connectivity index (χ3v) is 7.71. The lowest BCUT2D eigenvalue weighted by atomic mass is 10.2. The third-order valence-electron chi connectivity index (χ3n) is 5.66. The number of nitrogens with zero attached hydrogens (tertiary/aromatic N) is 3. The molecule has 1 saturated heterocycles. The molecule has 0 aliphatic carbocycles. The lowest BCUT2D eigenvalue weighted by molar-refractivity contribution is -0.118. The number of nitrogens with one attached hydrogen (secondary N) is 1. The Morgan fingerprint density at radius 3 is 2.41 bits per heavy atom. The third kappa shape index (κ3) is 5.63. The van der Waals surface area contributed by atoms with E-state index in [1.165, 1.54) is 6.07 Å². The van der Waals surface area contributed by atoms with Crippen LogP contribution in [0.4, 0.5) is 5.69 Å². The van der Waals surface area contributed by atoms with E-state index >= 15 is 0 Å². The minimum atomic E-state index is -3.62. The molecule has 0 unspecified atom stereocenters. The molecule has 1 N–H and O–H groups in total. The Morgan fingerprint density at radius 2 is 1.76 bits per heavy atom. The second-order valence-electron chi connectivity index (χ2n) is 8.30. The fourth-order valence-electron chi connectivity index (χ4n) is 3.84. The molecule has 3 aromatic rings. The van der Waals surface area contributed by atoms with Gasteiger partial charge in [-0.3, -0.25) is 4.79 Å². The van der Waals surface area contributed by atoms with Crippen molar-refractivity contribution in [3.05, 3.63) is 53.9 Å². The topological polar surface area (TPSA) is 115 Å². The number of carbonyl (C=O) groups excluding carboxylic acids is 1. The number of aryl methyl sites for hydroxylation is 2. The maximum atomic E-state index is 13.2. The van der Waals surface area contributed by atoms with E-state index in [1.54, 1.807) is 54.6 Å². The maximum absolute atomic E-state index is 13.2. The minimum Gasteiger partial charge on any atom is -0.484 e. The monoisotopic (exact) mass is 484 g/mol. The molecular weight excluding hydrogens is 456 g/mol. The number of aromatic nitrogens is 2. The van der Waals surface area contributed by atoms with Gasteiger partial charge in [-0.2, -0.15) is 9.29 Å². The van der Waals surface area contributed by atoms with Crippen molar-refractivity contribution < 1.29 is 22.5 Å². The molecule has 2 heterocycles. The van der Waals surface area contributed by atoms with Gasteiger partial charge in [-0.25, -0.2) is 8.42 Å². The van der Waals surface area contributed by atoms with Crippen molar-refractivity contribution in [2.45, 2.75) is 44.4 Å². The molecule has 1 aliphatic rings. The summed E-state index contributed by atoms with van der Waals surface area (Å²) in [5.74, 6) is 1.07. The molecule has 1 aliphatic heterocycles. The standard InChI is InChI=1S/C24H28N4O5S/c1-17-7-10-20(15-22(17)34(30,31)28-13-5-3-4-6-14-28)26-23(29)16-32-21-11-8-19(9-12-21)24-25-18(2)33-27-24/h7-12,15H,3-6,13-14,16H2,1-2H3,(H,26,29). The van der Waals surface area contributed by atoms with Crippen LogP contribution in [0.15, 0.2) is 51.9 Å². The van der Waals surface area contributed by atoms with Crippen LogP contribution in [0.3, 0.4) is 0 Å².